The van der Waals surface area contributed by atoms with Crippen LogP contribution in [0.4, 0.5) is 0 Å². The Morgan fingerprint density at radius 3 is 2.69 bits per heavy atom. The lowest BCUT2D eigenvalue weighted by Gasteiger charge is -2.27. The minimum absolute atomic E-state index is 0.0182. The molecular formula is C12H25NO3. The zero-order chi connectivity index (χ0) is 11.8. The molecule has 3 N–H and O–H groups in total. The monoisotopic (exact) mass is 231 g/mol. The van der Waals surface area contributed by atoms with Crippen LogP contribution in [0.2, 0.25) is 0 Å². The van der Waals surface area contributed by atoms with Crippen molar-refractivity contribution in [2.24, 2.45) is 11.7 Å². The maximum Gasteiger partial charge on any atom is 0.0956 e. The van der Waals surface area contributed by atoms with Crippen molar-refractivity contribution in [2.45, 2.75) is 44.8 Å². The first-order valence-corrected chi connectivity index (χ1v) is 6.33. The van der Waals surface area contributed by atoms with Gasteiger partial charge in [0.15, 0.2) is 0 Å². The first-order chi connectivity index (χ1) is 7.77. The van der Waals surface area contributed by atoms with Crippen LogP contribution in [0.1, 0.15) is 32.6 Å². The first kappa shape index (κ1) is 13.9. The Kier molecular flexibility index (Phi) is 6.96. The normalized spacial score (nSPS) is 21.9. The molecule has 0 aromatic carbocycles. The molecule has 96 valence electrons. The van der Waals surface area contributed by atoms with Crippen LogP contribution < -0.4 is 5.73 Å². The number of aliphatic hydroxyl groups is 1. The van der Waals surface area contributed by atoms with Crippen LogP contribution in [0, 0.1) is 5.92 Å². The quantitative estimate of drug-likeness (QED) is 0.684. The lowest BCUT2D eigenvalue weighted by Crippen LogP contribution is -2.40. The van der Waals surface area contributed by atoms with Gasteiger partial charge in [0.25, 0.3) is 0 Å². The summed E-state index contributed by atoms with van der Waals surface area (Å²) in [7, 11) is 0. The van der Waals surface area contributed by atoms with Gasteiger partial charge in [-0.25, -0.2) is 0 Å². The van der Waals surface area contributed by atoms with E-state index in [1.807, 2.05) is 0 Å². The maximum absolute atomic E-state index is 9.22. The Hall–Kier alpha value is -0.160. The average Bonchev–Trinajstić information content (AvgIpc) is 2.31. The fourth-order valence-electron chi connectivity index (χ4n) is 2.00. The molecule has 1 aliphatic rings. The fourth-order valence-corrected chi connectivity index (χ4v) is 2.00. The van der Waals surface area contributed by atoms with E-state index in [9.17, 15) is 5.11 Å². The van der Waals surface area contributed by atoms with Crippen molar-refractivity contribution >= 4 is 0 Å². The van der Waals surface area contributed by atoms with E-state index in [1.165, 1.54) is 0 Å². The Morgan fingerprint density at radius 1 is 1.44 bits per heavy atom. The number of rotatable bonds is 7. The second kappa shape index (κ2) is 8.01. The summed E-state index contributed by atoms with van der Waals surface area (Å²) < 4.78 is 11.0. The highest BCUT2D eigenvalue weighted by Gasteiger charge is 2.20. The lowest BCUT2D eigenvalue weighted by atomic mass is 10.0. The van der Waals surface area contributed by atoms with Gasteiger partial charge in [-0.15, -0.1) is 0 Å². The van der Waals surface area contributed by atoms with Gasteiger partial charge in [-0.3, -0.25) is 0 Å². The van der Waals surface area contributed by atoms with Crippen molar-refractivity contribution in [3.8, 4) is 0 Å². The second-order valence-electron chi connectivity index (χ2n) is 4.56. The number of hydrogen-bond acceptors (Lipinski definition) is 4. The van der Waals surface area contributed by atoms with Crippen LogP contribution >= 0.6 is 0 Å². The van der Waals surface area contributed by atoms with Gasteiger partial charge in [0, 0.05) is 19.3 Å². The highest BCUT2D eigenvalue weighted by molar-refractivity contribution is 4.73. The van der Waals surface area contributed by atoms with Crippen LogP contribution in [-0.4, -0.2) is 43.7 Å². The average molecular weight is 231 g/mol. The molecule has 2 atom stereocenters. The zero-order valence-electron chi connectivity index (χ0n) is 10.2. The minimum atomic E-state index is -0.206. The molecular weight excluding hydrogens is 206 g/mol. The van der Waals surface area contributed by atoms with Crippen molar-refractivity contribution < 1.29 is 14.6 Å². The van der Waals surface area contributed by atoms with E-state index in [0.717, 1.165) is 38.9 Å². The predicted molar refractivity (Wildman–Crippen MR) is 63.3 cm³/mol. The van der Waals surface area contributed by atoms with Gasteiger partial charge < -0.3 is 20.3 Å². The molecule has 0 aromatic rings. The molecule has 0 amide bonds. The van der Waals surface area contributed by atoms with Gasteiger partial charge in [0.05, 0.1) is 19.3 Å². The van der Waals surface area contributed by atoms with Gasteiger partial charge in [0.1, 0.15) is 0 Å². The molecule has 1 rings (SSSR count). The molecule has 0 bridgehead atoms. The van der Waals surface area contributed by atoms with Crippen molar-refractivity contribution in [1.29, 1.82) is 0 Å². The summed E-state index contributed by atoms with van der Waals surface area (Å²) in [6, 6.07) is -0.0464. The summed E-state index contributed by atoms with van der Waals surface area (Å²) >= 11 is 0. The minimum Gasteiger partial charge on any atom is -0.394 e. The number of nitrogens with two attached hydrogens (primary N) is 1. The summed E-state index contributed by atoms with van der Waals surface area (Å²) in [5.41, 5.74) is 5.94. The molecule has 0 radical (unpaired) electrons. The van der Waals surface area contributed by atoms with Gasteiger partial charge >= 0.3 is 0 Å². The fraction of sp³-hybridized carbons (Fsp3) is 1.00. The molecule has 1 fully saturated rings. The third kappa shape index (κ3) is 4.78. The van der Waals surface area contributed by atoms with Gasteiger partial charge in [0.2, 0.25) is 0 Å². The Morgan fingerprint density at radius 2 is 2.12 bits per heavy atom. The smallest absolute Gasteiger partial charge is 0.0956 e. The molecule has 4 nitrogen and oxygen atoms in total. The third-order valence-electron chi connectivity index (χ3n) is 3.17. The van der Waals surface area contributed by atoms with Gasteiger partial charge in [-0.1, -0.05) is 13.3 Å². The van der Waals surface area contributed by atoms with E-state index < -0.39 is 0 Å². The molecule has 4 heteroatoms. The summed E-state index contributed by atoms with van der Waals surface area (Å²) in [5, 5.41) is 9.22. The van der Waals surface area contributed by atoms with Crippen LogP contribution in [-0.2, 0) is 9.47 Å². The molecule has 2 unspecified atom stereocenters. The largest absolute Gasteiger partial charge is 0.394 e. The van der Waals surface area contributed by atoms with Crippen molar-refractivity contribution in [3.63, 3.8) is 0 Å². The van der Waals surface area contributed by atoms with Gasteiger partial charge in [-0.2, -0.15) is 0 Å². The van der Waals surface area contributed by atoms with Crippen molar-refractivity contribution in [1.82, 2.24) is 0 Å². The van der Waals surface area contributed by atoms with Crippen LogP contribution in [0.3, 0.4) is 0 Å². The van der Waals surface area contributed by atoms with E-state index in [2.05, 4.69) is 6.92 Å². The second-order valence-corrected chi connectivity index (χ2v) is 4.56. The van der Waals surface area contributed by atoms with E-state index in [1.54, 1.807) is 0 Å². The van der Waals surface area contributed by atoms with E-state index in [0.29, 0.717) is 12.5 Å². The molecule has 0 aliphatic carbocycles. The highest BCUT2D eigenvalue weighted by atomic mass is 16.5. The van der Waals surface area contributed by atoms with Crippen LogP contribution in [0.15, 0.2) is 0 Å². The molecule has 0 spiro atoms. The van der Waals surface area contributed by atoms with E-state index in [-0.39, 0.29) is 18.8 Å². The summed E-state index contributed by atoms with van der Waals surface area (Å²) in [5.74, 6) is 0.566. The number of ether oxygens (including phenoxy) is 2. The Labute approximate surface area is 98.1 Å². The summed E-state index contributed by atoms with van der Waals surface area (Å²) in [4.78, 5) is 0. The number of aliphatic hydroxyl groups excluding tert-OH is 1. The van der Waals surface area contributed by atoms with E-state index in [4.69, 9.17) is 15.2 Å². The maximum atomic E-state index is 9.22. The molecule has 1 aliphatic heterocycles. The Balaban J connectivity index is 2.21. The summed E-state index contributed by atoms with van der Waals surface area (Å²) in [6.45, 7) is 4.47. The van der Waals surface area contributed by atoms with Crippen LogP contribution in [0.25, 0.3) is 0 Å². The standard InChI is InChI=1S/C12H25NO3/c1-2-3-11(13)12(8-14)16-9-10-4-6-15-7-5-10/h10-12,14H,2-9,13H2,1H3. The SMILES string of the molecule is CCCC(N)C(CO)OCC1CCOCC1. The van der Waals surface area contributed by atoms with E-state index >= 15 is 0 Å². The molecule has 0 aromatic heterocycles. The van der Waals surface area contributed by atoms with Gasteiger partial charge in [-0.05, 0) is 25.2 Å². The zero-order valence-corrected chi connectivity index (χ0v) is 10.2. The predicted octanol–water partition coefficient (Wildman–Crippen LogP) is 0.918. The van der Waals surface area contributed by atoms with Crippen LogP contribution in [0.5, 0.6) is 0 Å². The lowest BCUT2D eigenvalue weighted by molar-refractivity contribution is -0.0406. The number of hydrogen-bond donors (Lipinski definition) is 2. The first-order valence-electron chi connectivity index (χ1n) is 6.33. The molecule has 0 saturated carbocycles. The Bertz CT molecular complexity index is 172. The third-order valence-corrected chi connectivity index (χ3v) is 3.17. The van der Waals surface area contributed by atoms with Crippen molar-refractivity contribution in [3.05, 3.63) is 0 Å². The van der Waals surface area contributed by atoms with Crippen molar-refractivity contribution in [2.75, 3.05) is 26.4 Å². The molecule has 1 saturated heterocycles. The topological polar surface area (TPSA) is 64.7 Å². The highest BCUT2D eigenvalue weighted by Crippen LogP contribution is 2.16. The molecule has 1 heterocycles. The summed E-state index contributed by atoms with van der Waals surface area (Å²) in [6.07, 6.45) is 3.84. The molecule has 16 heavy (non-hydrogen) atoms.